The maximum absolute atomic E-state index is 15.0. The molecule has 2 saturated carbocycles. The number of ether oxygens (including phenoxy) is 2. The minimum absolute atomic E-state index is 0.0530. The highest BCUT2D eigenvalue weighted by atomic mass is 32.2. The lowest BCUT2D eigenvalue weighted by Crippen LogP contribution is -2.66. The van der Waals surface area contributed by atoms with Gasteiger partial charge in [0.2, 0.25) is 27.7 Å². The van der Waals surface area contributed by atoms with Gasteiger partial charge in [-0.05, 0) is 89.3 Å². The van der Waals surface area contributed by atoms with Crippen molar-refractivity contribution < 1.29 is 55.3 Å². The van der Waals surface area contributed by atoms with E-state index in [1.807, 2.05) is 6.92 Å². The molecule has 0 bridgehead atoms. The van der Waals surface area contributed by atoms with E-state index in [1.54, 1.807) is 36.4 Å². The summed E-state index contributed by atoms with van der Waals surface area (Å²) in [6.45, 7) is 5.92. The van der Waals surface area contributed by atoms with Crippen molar-refractivity contribution in [3.8, 4) is 11.6 Å². The molecular weight excluding hydrogens is 772 g/mol. The van der Waals surface area contributed by atoms with Gasteiger partial charge in [0.1, 0.15) is 35.0 Å². The highest BCUT2D eigenvalue weighted by Crippen LogP contribution is 2.48. The predicted molar refractivity (Wildman–Crippen MR) is 202 cm³/mol. The molecule has 1 aromatic carbocycles. The largest absolute Gasteiger partial charge is 0.496 e. The van der Waals surface area contributed by atoms with Gasteiger partial charge in [-0.3, -0.25) is 24.0 Å². The predicted octanol–water partition coefficient (Wildman–Crippen LogP) is 5.17. The molecule has 1 aromatic heterocycles. The number of nitrogens with one attached hydrogen (secondary N) is 2. The van der Waals surface area contributed by atoms with Crippen LogP contribution < -0.4 is 19.5 Å². The van der Waals surface area contributed by atoms with E-state index in [-0.39, 0.29) is 42.5 Å². The van der Waals surface area contributed by atoms with Crippen molar-refractivity contribution in [3.63, 3.8) is 0 Å². The average molecular weight is 822 g/mol. The third-order valence-corrected chi connectivity index (χ3v) is 14.4. The van der Waals surface area contributed by atoms with Crippen molar-refractivity contribution in [2.24, 2.45) is 17.8 Å². The number of pyridine rings is 1. The SMILES string of the molecule is COc1cccc2c(O[C@@H]3C[C@H]4C(=O)N[C@]5(C(=O)NS(=O)(=O)C6(C)CC6)C[C@H]5C=CCC[C@H](C)C[C@@H](C)[C@H](N(C(=O)O)C(C)(C)C(F)(F)F)C(=O)N4C3)nccc12. The lowest BCUT2D eigenvalue weighted by atomic mass is 9.85. The molecule has 4 aliphatic rings. The number of fused-ring (bicyclic) bond motifs is 3. The zero-order chi connectivity index (χ0) is 41.9. The van der Waals surface area contributed by atoms with Crippen LogP contribution in [0.4, 0.5) is 18.0 Å². The number of carbonyl (C=O) groups excluding carboxylic acids is 3. The van der Waals surface area contributed by atoms with Gasteiger partial charge in [0, 0.05) is 29.3 Å². The Hall–Kier alpha value is -4.61. The standard InChI is InChI=1S/C39H50F3N5O9S/c1-22-10-7-8-11-24-20-38(24,34(50)45-57(53,54)37(5)15-16-37)44-31(48)28-19-25(56-32-27-12-9-13-29(55-6)26(27)14-17-43-32)21-46(28)33(49)30(23(2)18-22)47(35(51)52)36(3,4)39(40,41)42/h8-9,11-14,17,22-25,28,30H,7,10,15-16,18-21H2,1-6H3,(H,44,48)(H,45,50)(H,51,52)/t22-,23+,24+,25+,28-,30-,38+/m0/s1. The minimum atomic E-state index is -5.09. The molecule has 312 valence electrons. The number of hydrogen-bond acceptors (Lipinski definition) is 9. The first-order valence-electron chi connectivity index (χ1n) is 19.1. The van der Waals surface area contributed by atoms with Crippen LogP contribution in [-0.4, -0.2) is 106 Å². The highest BCUT2D eigenvalue weighted by Gasteiger charge is 2.64. The monoisotopic (exact) mass is 821 g/mol. The summed E-state index contributed by atoms with van der Waals surface area (Å²) in [6.07, 6.45) is -1.34. The van der Waals surface area contributed by atoms with Crippen LogP contribution in [0.2, 0.25) is 0 Å². The molecule has 2 aliphatic heterocycles. The van der Waals surface area contributed by atoms with E-state index in [9.17, 15) is 45.9 Å². The van der Waals surface area contributed by atoms with E-state index in [1.165, 1.54) is 27.2 Å². The molecule has 3 heterocycles. The Morgan fingerprint density at radius 1 is 1.11 bits per heavy atom. The molecule has 3 fully saturated rings. The zero-order valence-corrected chi connectivity index (χ0v) is 33.6. The smallest absolute Gasteiger partial charge is 0.411 e. The Morgan fingerprint density at radius 3 is 2.44 bits per heavy atom. The minimum Gasteiger partial charge on any atom is -0.496 e. The molecular formula is C39H50F3N5O9S. The quantitative estimate of drug-likeness (QED) is 0.301. The van der Waals surface area contributed by atoms with E-state index < -0.39 is 85.9 Å². The van der Waals surface area contributed by atoms with Gasteiger partial charge in [0.15, 0.2) is 0 Å². The first kappa shape index (κ1) is 42.0. The van der Waals surface area contributed by atoms with Gasteiger partial charge in [-0.15, -0.1) is 0 Å². The van der Waals surface area contributed by atoms with Crippen molar-refractivity contribution in [1.82, 2.24) is 24.8 Å². The van der Waals surface area contributed by atoms with Crippen molar-refractivity contribution >= 4 is 44.6 Å². The van der Waals surface area contributed by atoms with Gasteiger partial charge < -0.3 is 24.8 Å². The number of amides is 4. The maximum atomic E-state index is 15.0. The van der Waals surface area contributed by atoms with E-state index in [0.717, 1.165) is 4.90 Å². The fourth-order valence-corrected chi connectivity index (χ4v) is 9.48. The van der Waals surface area contributed by atoms with Crippen LogP contribution in [0.25, 0.3) is 10.8 Å². The molecule has 1 saturated heterocycles. The molecule has 0 spiro atoms. The van der Waals surface area contributed by atoms with E-state index in [0.29, 0.717) is 56.1 Å². The van der Waals surface area contributed by atoms with E-state index in [2.05, 4.69) is 15.0 Å². The molecule has 3 N–H and O–H groups in total. The van der Waals surface area contributed by atoms with Crippen LogP contribution in [-0.2, 0) is 24.4 Å². The summed E-state index contributed by atoms with van der Waals surface area (Å²) in [5.74, 6) is -3.96. The summed E-state index contributed by atoms with van der Waals surface area (Å²) in [6, 6.07) is 3.53. The van der Waals surface area contributed by atoms with Gasteiger partial charge >= 0.3 is 12.3 Å². The number of nitrogens with zero attached hydrogens (tertiary/aromatic N) is 3. The average Bonchev–Trinajstić information content (AvgIpc) is 4.01. The summed E-state index contributed by atoms with van der Waals surface area (Å²) < 4.78 is 83.2. The third-order valence-electron chi connectivity index (χ3n) is 12.2. The number of carboxylic acid groups (broad SMARTS) is 1. The number of methoxy groups -OCH3 is 1. The molecule has 57 heavy (non-hydrogen) atoms. The normalized spacial score (nSPS) is 29.2. The summed E-state index contributed by atoms with van der Waals surface area (Å²) in [4.78, 5) is 61.9. The molecule has 2 aromatic rings. The fourth-order valence-electron chi connectivity index (χ4n) is 8.17. The van der Waals surface area contributed by atoms with Crippen LogP contribution >= 0.6 is 0 Å². The molecule has 0 radical (unpaired) electrons. The zero-order valence-electron chi connectivity index (χ0n) is 32.8. The Bertz CT molecular complexity index is 2070. The molecule has 0 unspecified atom stereocenters. The Kier molecular flexibility index (Phi) is 11.0. The van der Waals surface area contributed by atoms with Gasteiger partial charge in [-0.2, -0.15) is 13.2 Å². The van der Waals surface area contributed by atoms with Gasteiger partial charge in [-0.25, -0.2) is 18.2 Å². The molecule has 4 amide bonds. The summed E-state index contributed by atoms with van der Waals surface area (Å²) >= 11 is 0. The molecule has 14 nitrogen and oxygen atoms in total. The topological polar surface area (TPSA) is 185 Å². The second kappa shape index (κ2) is 15.0. The Balaban J connectivity index is 1.43. The van der Waals surface area contributed by atoms with Crippen molar-refractivity contribution in [2.75, 3.05) is 13.7 Å². The van der Waals surface area contributed by atoms with Crippen LogP contribution in [0, 0.1) is 17.8 Å². The first-order chi connectivity index (χ1) is 26.6. The lowest BCUT2D eigenvalue weighted by molar-refractivity contribution is -0.222. The third kappa shape index (κ3) is 7.85. The van der Waals surface area contributed by atoms with Crippen molar-refractivity contribution in [3.05, 3.63) is 42.6 Å². The Labute approximate surface area is 329 Å². The number of sulfonamides is 1. The number of aromatic nitrogens is 1. The van der Waals surface area contributed by atoms with Gasteiger partial charge in [0.05, 0.1) is 18.4 Å². The second-order valence-corrected chi connectivity index (χ2v) is 19.0. The summed E-state index contributed by atoms with van der Waals surface area (Å²) in [7, 11) is -2.62. The molecule has 18 heteroatoms. The molecule has 7 atom stereocenters. The van der Waals surface area contributed by atoms with E-state index >= 15 is 0 Å². The number of alkyl halides is 3. The van der Waals surface area contributed by atoms with Gasteiger partial charge in [0.25, 0.3) is 5.91 Å². The first-order valence-corrected chi connectivity index (χ1v) is 20.6. The number of halogens is 3. The van der Waals surface area contributed by atoms with Crippen molar-refractivity contribution in [1.29, 1.82) is 0 Å². The molecule has 6 rings (SSSR count). The Morgan fingerprint density at radius 2 is 1.81 bits per heavy atom. The van der Waals surface area contributed by atoms with Crippen LogP contribution in [0.5, 0.6) is 11.6 Å². The highest BCUT2D eigenvalue weighted by molar-refractivity contribution is 7.91. The number of rotatable bonds is 8. The molecule has 2 aliphatic carbocycles. The van der Waals surface area contributed by atoms with Crippen LogP contribution in [0.1, 0.15) is 79.6 Å². The van der Waals surface area contributed by atoms with Crippen molar-refractivity contribution in [2.45, 2.75) is 120 Å². The maximum Gasteiger partial charge on any atom is 0.411 e. The fraction of sp³-hybridized carbons (Fsp3) is 0.615. The van der Waals surface area contributed by atoms with Crippen LogP contribution in [0.15, 0.2) is 42.6 Å². The number of benzene rings is 1. The summed E-state index contributed by atoms with van der Waals surface area (Å²) in [5, 5.41) is 14.4. The second-order valence-electron chi connectivity index (χ2n) is 16.8. The van der Waals surface area contributed by atoms with E-state index in [4.69, 9.17) is 9.47 Å². The number of hydrogen-bond donors (Lipinski definition) is 3. The number of carbonyl (C=O) groups is 4. The van der Waals surface area contributed by atoms with Crippen LogP contribution in [0.3, 0.4) is 0 Å². The van der Waals surface area contributed by atoms with Gasteiger partial charge in [-0.1, -0.05) is 32.1 Å². The lowest BCUT2D eigenvalue weighted by Gasteiger charge is -2.45. The summed E-state index contributed by atoms with van der Waals surface area (Å²) in [5.41, 5.74) is -4.74. The number of allylic oxidation sites excluding steroid dienone is 1.